The largest absolute Gasteiger partial charge is 0.508 e. The topological polar surface area (TPSA) is 142 Å². The zero-order chi connectivity index (χ0) is 20.7. The number of aliphatic hydroxyl groups excluding tert-OH is 1. The normalized spacial score (nSPS) is 12.0. The zero-order valence-corrected chi connectivity index (χ0v) is 16.3. The number of nitrogens with zero attached hydrogens (tertiary/aromatic N) is 2. The monoisotopic (exact) mass is 388 g/mol. The number of carboxylic acid groups (broad SMARTS) is 1. The van der Waals surface area contributed by atoms with Gasteiger partial charge in [-0.25, -0.2) is 4.98 Å². The second-order valence-electron chi connectivity index (χ2n) is 6.85. The Morgan fingerprint density at radius 3 is 2.64 bits per heavy atom. The molecule has 8 nitrogen and oxygen atoms in total. The Morgan fingerprint density at radius 1 is 1.29 bits per heavy atom. The first kappa shape index (κ1) is 21.4. The number of nitrogens with two attached hydrogens (primary N) is 1. The minimum atomic E-state index is -0.952. The molecular weight excluding hydrogens is 360 g/mol. The van der Waals surface area contributed by atoms with Gasteiger partial charge in [0.05, 0.1) is 6.42 Å². The summed E-state index contributed by atoms with van der Waals surface area (Å²) in [5.41, 5.74) is 8.50. The van der Waals surface area contributed by atoms with Crippen LogP contribution in [0.1, 0.15) is 48.6 Å². The quantitative estimate of drug-likeness (QED) is 0.417. The minimum Gasteiger partial charge on any atom is -0.508 e. The summed E-state index contributed by atoms with van der Waals surface area (Å²) in [6, 6.07) is 4.92. The molecule has 0 aliphatic heterocycles. The molecule has 28 heavy (non-hydrogen) atoms. The van der Waals surface area contributed by atoms with Gasteiger partial charge in [-0.2, -0.15) is 4.98 Å². The van der Waals surface area contributed by atoms with Gasteiger partial charge < -0.3 is 26.4 Å². The van der Waals surface area contributed by atoms with Crippen LogP contribution in [0.3, 0.4) is 0 Å². The van der Waals surface area contributed by atoms with E-state index in [1.54, 1.807) is 12.1 Å². The Labute approximate surface area is 164 Å². The third-order valence-corrected chi connectivity index (χ3v) is 4.56. The molecule has 0 aliphatic carbocycles. The third-order valence-electron chi connectivity index (χ3n) is 4.56. The number of anilines is 2. The molecule has 0 fully saturated rings. The fourth-order valence-electron chi connectivity index (χ4n) is 3.17. The van der Waals surface area contributed by atoms with Gasteiger partial charge in [-0.15, -0.1) is 0 Å². The highest BCUT2D eigenvalue weighted by Gasteiger charge is 2.17. The van der Waals surface area contributed by atoms with Gasteiger partial charge in [-0.3, -0.25) is 4.79 Å². The van der Waals surface area contributed by atoms with Crippen molar-refractivity contribution in [3.05, 3.63) is 40.6 Å². The first-order chi connectivity index (χ1) is 13.3. The number of hydrogen-bond donors (Lipinski definition) is 5. The van der Waals surface area contributed by atoms with E-state index in [9.17, 15) is 15.0 Å². The third kappa shape index (κ3) is 5.82. The van der Waals surface area contributed by atoms with Crippen LogP contribution < -0.4 is 11.1 Å². The lowest BCUT2D eigenvalue weighted by Crippen LogP contribution is -2.23. The van der Waals surface area contributed by atoms with Crippen LogP contribution in [0.25, 0.3) is 0 Å². The molecule has 1 atom stereocenters. The maximum Gasteiger partial charge on any atom is 0.307 e. The lowest BCUT2D eigenvalue weighted by Gasteiger charge is -2.21. The Kier molecular flexibility index (Phi) is 7.57. The number of aromatic nitrogens is 2. The molecule has 0 saturated heterocycles. The number of carbonyl (C=O) groups is 1. The number of rotatable bonds is 10. The smallest absolute Gasteiger partial charge is 0.307 e. The van der Waals surface area contributed by atoms with E-state index in [2.05, 4.69) is 22.2 Å². The molecule has 8 heteroatoms. The number of aryl methyl sites for hydroxylation is 1. The fraction of sp³-hybridized carbons (Fsp3) is 0.450. The molecule has 1 heterocycles. The molecule has 2 aromatic rings. The molecule has 0 amide bonds. The number of carboxylic acids is 1. The summed E-state index contributed by atoms with van der Waals surface area (Å²) >= 11 is 0. The van der Waals surface area contributed by atoms with Crippen LogP contribution in [0.15, 0.2) is 18.2 Å². The number of phenols is 1. The molecule has 6 N–H and O–H groups in total. The van der Waals surface area contributed by atoms with E-state index in [1.165, 1.54) is 6.07 Å². The number of aliphatic carboxylic acids is 1. The van der Waals surface area contributed by atoms with Gasteiger partial charge in [0.2, 0.25) is 5.95 Å². The van der Waals surface area contributed by atoms with Crippen LogP contribution in [0.4, 0.5) is 11.8 Å². The highest BCUT2D eigenvalue weighted by atomic mass is 16.4. The average molecular weight is 388 g/mol. The van der Waals surface area contributed by atoms with Crippen LogP contribution in [0.2, 0.25) is 0 Å². The lowest BCUT2D eigenvalue weighted by atomic mass is 10.00. The maximum absolute atomic E-state index is 10.9. The molecule has 1 aromatic carbocycles. The molecule has 0 aliphatic rings. The van der Waals surface area contributed by atoms with Gasteiger partial charge in [0.15, 0.2) is 0 Å². The highest BCUT2D eigenvalue weighted by Crippen LogP contribution is 2.28. The summed E-state index contributed by atoms with van der Waals surface area (Å²) in [7, 11) is 0. The number of hydrogen-bond acceptors (Lipinski definition) is 7. The molecule has 152 valence electrons. The maximum atomic E-state index is 10.9. The van der Waals surface area contributed by atoms with E-state index in [4.69, 9.17) is 10.8 Å². The van der Waals surface area contributed by atoms with E-state index in [0.717, 1.165) is 18.4 Å². The molecule has 2 rings (SSSR count). The van der Waals surface area contributed by atoms with E-state index < -0.39 is 5.97 Å². The summed E-state index contributed by atoms with van der Waals surface area (Å²) in [5, 5.41) is 31.9. The van der Waals surface area contributed by atoms with Crippen molar-refractivity contribution in [2.24, 2.45) is 0 Å². The fourth-order valence-corrected chi connectivity index (χ4v) is 3.17. The molecule has 0 spiro atoms. The number of nitrogens with one attached hydrogen (secondary N) is 1. The Hall–Kier alpha value is -2.87. The number of phenolic OH excluding ortho intramolecular Hbond substituents is 1. The standard InChI is InChI=1S/C20H28N4O4/c1-3-4-15(7-8-25)23-19-16(12(2)22-20(21)24-19)11-14-6-5-13(9-17(14)26)10-18(27)28/h5-6,9,15,25-26H,3-4,7-8,10-11H2,1-2H3,(H,27,28)(H3,21,22,23,24). The van der Waals surface area contributed by atoms with Gasteiger partial charge in [0, 0.05) is 30.3 Å². The van der Waals surface area contributed by atoms with Crippen molar-refractivity contribution in [1.82, 2.24) is 9.97 Å². The summed E-state index contributed by atoms with van der Waals surface area (Å²) in [6.45, 7) is 3.97. The second kappa shape index (κ2) is 9.89. The molecule has 0 bridgehead atoms. The summed E-state index contributed by atoms with van der Waals surface area (Å²) in [4.78, 5) is 19.4. The Morgan fingerprint density at radius 2 is 2.04 bits per heavy atom. The van der Waals surface area contributed by atoms with Crippen molar-refractivity contribution in [3.8, 4) is 5.75 Å². The highest BCUT2D eigenvalue weighted by molar-refractivity contribution is 5.70. The van der Waals surface area contributed by atoms with Crippen LogP contribution in [-0.4, -0.2) is 43.9 Å². The van der Waals surface area contributed by atoms with Crippen molar-refractivity contribution in [3.63, 3.8) is 0 Å². The first-order valence-corrected chi connectivity index (χ1v) is 9.37. The van der Waals surface area contributed by atoms with Crippen LogP contribution in [0, 0.1) is 6.92 Å². The molecule has 1 aromatic heterocycles. The van der Waals surface area contributed by atoms with Gasteiger partial charge in [-0.05, 0) is 37.0 Å². The van der Waals surface area contributed by atoms with E-state index >= 15 is 0 Å². The van der Waals surface area contributed by atoms with Crippen molar-refractivity contribution in [2.75, 3.05) is 17.7 Å². The van der Waals surface area contributed by atoms with E-state index in [1.807, 2.05) is 6.92 Å². The number of aromatic hydroxyl groups is 1. The predicted octanol–water partition coefficient (Wildman–Crippen LogP) is 2.25. The lowest BCUT2D eigenvalue weighted by molar-refractivity contribution is -0.136. The van der Waals surface area contributed by atoms with Crippen LogP contribution in [0.5, 0.6) is 5.75 Å². The Balaban J connectivity index is 2.33. The molecule has 0 saturated carbocycles. The van der Waals surface area contributed by atoms with Gasteiger partial charge in [-0.1, -0.05) is 25.5 Å². The van der Waals surface area contributed by atoms with Gasteiger partial charge in [0.1, 0.15) is 11.6 Å². The first-order valence-electron chi connectivity index (χ1n) is 9.37. The van der Waals surface area contributed by atoms with Crippen molar-refractivity contribution in [1.29, 1.82) is 0 Å². The van der Waals surface area contributed by atoms with Gasteiger partial charge in [0.25, 0.3) is 0 Å². The summed E-state index contributed by atoms with van der Waals surface area (Å²) in [5.74, 6) is -0.177. The number of benzene rings is 1. The Bertz CT molecular complexity index is 820. The molecular formula is C20H28N4O4. The molecule has 1 unspecified atom stereocenters. The second-order valence-corrected chi connectivity index (χ2v) is 6.85. The van der Waals surface area contributed by atoms with Crippen LogP contribution in [-0.2, 0) is 17.6 Å². The van der Waals surface area contributed by atoms with Crippen molar-refractivity contribution in [2.45, 2.75) is 52.0 Å². The van der Waals surface area contributed by atoms with E-state index in [0.29, 0.717) is 35.5 Å². The summed E-state index contributed by atoms with van der Waals surface area (Å²) in [6.07, 6.45) is 2.64. The summed E-state index contributed by atoms with van der Waals surface area (Å²) < 4.78 is 0. The predicted molar refractivity (Wildman–Crippen MR) is 107 cm³/mol. The average Bonchev–Trinajstić information content (AvgIpc) is 2.59. The van der Waals surface area contributed by atoms with Crippen molar-refractivity contribution < 1.29 is 20.1 Å². The zero-order valence-electron chi connectivity index (χ0n) is 16.3. The van der Waals surface area contributed by atoms with Gasteiger partial charge >= 0.3 is 5.97 Å². The van der Waals surface area contributed by atoms with Crippen molar-refractivity contribution >= 4 is 17.7 Å². The van der Waals surface area contributed by atoms with Crippen LogP contribution >= 0.6 is 0 Å². The number of nitrogen functional groups attached to an aromatic ring is 1. The number of aliphatic hydroxyl groups is 1. The molecule has 0 radical (unpaired) electrons. The minimum absolute atomic E-state index is 0.0291. The SMILES string of the molecule is CCCC(CCO)Nc1nc(N)nc(C)c1Cc1ccc(CC(=O)O)cc1O. The van der Waals surface area contributed by atoms with E-state index in [-0.39, 0.29) is 30.8 Å².